The van der Waals surface area contributed by atoms with Gasteiger partial charge in [0.2, 0.25) is 0 Å². The molecule has 2 unspecified atom stereocenters. The highest BCUT2D eigenvalue weighted by Crippen LogP contribution is 2.38. The Hall–Kier alpha value is -2.73. The first-order chi connectivity index (χ1) is 17.1. The van der Waals surface area contributed by atoms with E-state index < -0.39 is 20.0 Å². The van der Waals surface area contributed by atoms with E-state index in [0.29, 0.717) is 6.42 Å². The molecule has 1 heterocycles. The highest BCUT2D eigenvalue weighted by atomic mass is 28.4. The largest absolute Gasteiger partial charge is 0.404 e. The number of fused-ring (bicyclic) bond motifs is 1. The van der Waals surface area contributed by atoms with Crippen LogP contribution in [0.2, 0.25) is 5.04 Å². The lowest BCUT2D eigenvalue weighted by Gasteiger charge is -2.45. The zero-order chi connectivity index (χ0) is 26.0. The summed E-state index contributed by atoms with van der Waals surface area (Å²) in [5, 5.41) is 3.23. The molecule has 3 aromatic carbocycles. The maximum atomic E-state index is 16.4. The molecule has 0 bridgehead atoms. The number of nitrogens with one attached hydrogen (secondary N) is 1. The van der Waals surface area contributed by atoms with Crippen LogP contribution in [0.1, 0.15) is 40.2 Å². The van der Waals surface area contributed by atoms with E-state index in [1.807, 2.05) is 61.7 Å². The van der Waals surface area contributed by atoms with Crippen molar-refractivity contribution in [2.75, 3.05) is 6.61 Å². The molecule has 3 atom stereocenters. The van der Waals surface area contributed by atoms with E-state index in [1.54, 1.807) is 6.92 Å². The van der Waals surface area contributed by atoms with Gasteiger partial charge in [-0.3, -0.25) is 0 Å². The molecule has 3 N–H and O–H groups in total. The summed E-state index contributed by atoms with van der Waals surface area (Å²) in [5.74, 6) is -0.0676. The first kappa shape index (κ1) is 26.3. The van der Waals surface area contributed by atoms with E-state index in [9.17, 15) is 0 Å². The number of benzene rings is 3. The predicted molar refractivity (Wildman–Crippen MR) is 152 cm³/mol. The number of para-hydroxylation sites is 1. The fourth-order valence-electron chi connectivity index (χ4n) is 5.47. The third kappa shape index (κ3) is 5.06. The van der Waals surface area contributed by atoms with Crippen LogP contribution in [0.3, 0.4) is 0 Å². The zero-order valence-corrected chi connectivity index (χ0v) is 23.1. The Kier molecular flexibility index (Phi) is 7.55. The second-order valence-corrected chi connectivity index (χ2v) is 15.6. The van der Waals surface area contributed by atoms with Crippen LogP contribution in [-0.2, 0) is 10.8 Å². The van der Waals surface area contributed by atoms with Crippen molar-refractivity contribution in [3.63, 3.8) is 0 Å². The second-order valence-electron chi connectivity index (χ2n) is 11.3. The topological polar surface area (TPSA) is 51.0 Å². The van der Waals surface area contributed by atoms with Gasteiger partial charge in [-0.25, -0.2) is 4.39 Å². The van der Waals surface area contributed by atoms with Gasteiger partial charge in [0.25, 0.3) is 8.32 Å². The SMILES string of the molecule is C[C@H](Cc1c[nH]c2ccccc12)C(N)C(C)(F)CO[Si](c1ccccc1)(c1ccccc1)C(C)(C)C. The molecule has 0 amide bonds. The summed E-state index contributed by atoms with van der Waals surface area (Å²) in [7, 11) is -2.84. The summed E-state index contributed by atoms with van der Waals surface area (Å²) in [6, 6.07) is 28.2. The Morgan fingerprint density at radius 2 is 1.39 bits per heavy atom. The van der Waals surface area contributed by atoms with Gasteiger partial charge in [0.15, 0.2) is 0 Å². The molecule has 0 radical (unpaired) electrons. The van der Waals surface area contributed by atoms with Gasteiger partial charge in [0, 0.05) is 23.1 Å². The van der Waals surface area contributed by atoms with Crippen molar-refractivity contribution in [3.8, 4) is 0 Å². The van der Waals surface area contributed by atoms with Crippen LogP contribution in [0.15, 0.2) is 91.1 Å². The maximum absolute atomic E-state index is 16.4. The fraction of sp³-hybridized carbons (Fsp3) is 0.355. The van der Waals surface area contributed by atoms with Crippen LogP contribution < -0.4 is 16.1 Å². The fourth-order valence-corrected chi connectivity index (χ4v) is 10.1. The molecule has 5 heteroatoms. The molecular formula is C31H39FN2OSi. The number of hydrogen-bond donors (Lipinski definition) is 2. The number of hydrogen-bond acceptors (Lipinski definition) is 2. The van der Waals surface area contributed by atoms with Crippen LogP contribution in [0.5, 0.6) is 0 Å². The summed E-state index contributed by atoms with van der Waals surface area (Å²) in [6.07, 6.45) is 2.71. The van der Waals surface area contributed by atoms with Crippen molar-refractivity contribution in [2.24, 2.45) is 11.7 Å². The van der Waals surface area contributed by atoms with Crippen LogP contribution in [0.4, 0.5) is 4.39 Å². The first-order valence-electron chi connectivity index (χ1n) is 12.8. The number of alkyl halides is 1. The highest BCUT2D eigenvalue weighted by Gasteiger charge is 2.51. The standard InChI is InChI=1S/C31H39FN2OSi/c1-23(20-24-21-34-28-19-13-12-18-27(24)28)29(33)31(5,32)22-35-36(30(2,3)4,25-14-8-6-9-15-25)26-16-10-7-11-17-26/h6-19,21,23,29,34H,20,22,33H2,1-5H3/t23-,29?,31?/m1/s1. The molecule has 190 valence electrons. The number of rotatable bonds is 9. The van der Waals surface area contributed by atoms with Crippen molar-refractivity contribution >= 4 is 29.6 Å². The van der Waals surface area contributed by atoms with Gasteiger partial charge in [-0.15, -0.1) is 0 Å². The van der Waals surface area contributed by atoms with E-state index in [4.69, 9.17) is 10.2 Å². The molecule has 4 aromatic rings. The molecule has 0 saturated heterocycles. The van der Waals surface area contributed by atoms with E-state index in [0.717, 1.165) is 21.5 Å². The number of H-pyrrole nitrogens is 1. The van der Waals surface area contributed by atoms with E-state index in [1.165, 1.54) is 5.39 Å². The van der Waals surface area contributed by atoms with Crippen molar-refractivity contribution in [1.29, 1.82) is 0 Å². The Balaban J connectivity index is 1.61. The second kappa shape index (κ2) is 10.3. The Morgan fingerprint density at radius 1 is 0.861 bits per heavy atom. The van der Waals surface area contributed by atoms with Crippen molar-refractivity contribution < 1.29 is 8.82 Å². The Labute approximate surface area is 216 Å². The molecule has 3 nitrogen and oxygen atoms in total. The molecule has 0 saturated carbocycles. The van der Waals surface area contributed by atoms with Gasteiger partial charge >= 0.3 is 0 Å². The molecule has 1 aromatic heterocycles. The summed E-state index contributed by atoms with van der Waals surface area (Å²) in [4.78, 5) is 3.32. The smallest absolute Gasteiger partial charge is 0.261 e. The van der Waals surface area contributed by atoms with Crippen molar-refractivity contribution in [3.05, 3.63) is 96.7 Å². The number of aromatic amines is 1. The van der Waals surface area contributed by atoms with E-state index >= 15 is 4.39 Å². The minimum Gasteiger partial charge on any atom is -0.404 e. The molecular weight excluding hydrogens is 463 g/mol. The van der Waals surface area contributed by atoms with E-state index in [-0.39, 0.29) is 17.6 Å². The van der Waals surface area contributed by atoms with Crippen LogP contribution in [0.25, 0.3) is 10.9 Å². The molecule has 4 rings (SSSR count). The molecule has 0 aliphatic rings. The summed E-state index contributed by atoms with van der Waals surface area (Å²) < 4.78 is 23.3. The first-order valence-corrected chi connectivity index (χ1v) is 14.7. The third-order valence-electron chi connectivity index (χ3n) is 7.51. The maximum Gasteiger partial charge on any atom is 0.261 e. The van der Waals surface area contributed by atoms with Gasteiger partial charge in [-0.1, -0.05) is 107 Å². The van der Waals surface area contributed by atoms with Gasteiger partial charge in [-0.2, -0.15) is 0 Å². The zero-order valence-electron chi connectivity index (χ0n) is 22.1. The Morgan fingerprint density at radius 3 is 1.94 bits per heavy atom. The van der Waals surface area contributed by atoms with Gasteiger partial charge < -0.3 is 15.1 Å². The summed E-state index contributed by atoms with van der Waals surface area (Å²) in [6.45, 7) is 10.2. The van der Waals surface area contributed by atoms with Gasteiger partial charge in [0.1, 0.15) is 5.67 Å². The molecule has 0 aliphatic heterocycles. The highest BCUT2D eigenvalue weighted by molar-refractivity contribution is 6.99. The molecule has 0 fully saturated rings. The number of nitrogens with two attached hydrogens (primary N) is 1. The van der Waals surface area contributed by atoms with Gasteiger partial charge in [0.05, 0.1) is 6.61 Å². The normalized spacial score (nSPS) is 16.0. The van der Waals surface area contributed by atoms with Crippen molar-refractivity contribution in [2.45, 2.75) is 57.8 Å². The van der Waals surface area contributed by atoms with E-state index in [2.05, 4.69) is 62.2 Å². The van der Waals surface area contributed by atoms with Crippen LogP contribution in [0, 0.1) is 5.92 Å². The van der Waals surface area contributed by atoms with Crippen LogP contribution in [-0.4, -0.2) is 31.6 Å². The quantitative estimate of drug-likeness (QED) is 0.277. The van der Waals surface area contributed by atoms with Gasteiger partial charge in [-0.05, 0) is 46.3 Å². The molecule has 0 aliphatic carbocycles. The molecule has 0 spiro atoms. The minimum atomic E-state index is -2.84. The Bertz CT molecular complexity index is 1220. The predicted octanol–water partition coefficient (Wildman–Crippen LogP) is 5.98. The lowest BCUT2D eigenvalue weighted by Crippen LogP contribution is -2.68. The number of aromatic nitrogens is 1. The minimum absolute atomic E-state index is 0.0559. The van der Waals surface area contributed by atoms with Crippen LogP contribution >= 0.6 is 0 Å². The molecule has 36 heavy (non-hydrogen) atoms. The average Bonchev–Trinajstić information content (AvgIpc) is 3.27. The third-order valence-corrected chi connectivity index (χ3v) is 12.5. The number of halogens is 1. The average molecular weight is 503 g/mol. The van der Waals surface area contributed by atoms with Crippen molar-refractivity contribution in [1.82, 2.24) is 4.98 Å². The summed E-state index contributed by atoms with van der Waals surface area (Å²) in [5.41, 5.74) is 7.18. The lowest BCUT2D eigenvalue weighted by molar-refractivity contribution is 0.0529. The monoisotopic (exact) mass is 502 g/mol. The lowest BCUT2D eigenvalue weighted by atomic mass is 9.85. The summed E-state index contributed by atoms with van der Waals surface area (Å²) >= 11 is 0.